The maximum atomic E-state index is 12.2. The van der Waals surface area contributed by atoms with Gasteiger partial charge in [0.15, 0.2) is 5.78 Å². The predicted molar refractivity (Wildman–Crippen MR) is 209 cm³/mol. The SMILES string of the molecule is CC(N)(CO)C(=O)OCc1ccccc1.COCCOCCOc1ccc(C(=O)NC(C)(CO)C(C)=O)c(O)c1.COCCOCCOc1ccc(C(=O)O)c(O)c1. The Morgan fingerprint density at radius 1 is 0.690 bits per heavy atom. The molecule has 2 atom stereocenters. The van der Waals surface area contributed by atoms with Crippen LogP contribution in [0.25, 0.3) is 0 Å². The molecule has 1 amide bonds. The number of methoxy groups -OCH3 is 2. The molecule has 0 aliphatic rings. The summed E-state index contributed by atoms with van der Waals surface area (Å²) in [5.74, 6) is -2.68. The zero-order valence-electron chi connectivity index (χ0n) is 33.4. The highest BCUT2D eigenvalue weighted by Gasteiger charge is 2.32. The second kappa shape index (κ2) is 27.3. The lowest BCUT2D eigenvalue weighted by Gasteiger charge is -2.25. The molecule has 0 spiro atoms. The van der Waals surface area contributed by atoms with Crippen molar-refractivity contribution in [3.05, 3.63) is 83.4 Å². The highest BCUT2D eigenvalue weighted by Crippen LogP contribution is 2.25. The molecule has 322 valence electrons. The summed E-state index contributed by atoms with van der Waals surface area (Å²) in [6, 6.07) is 17.5. The molecule has 58 heavy (non-hydrogen) atoms. The Kier molecular flexibility index (Phi) is 23.9. The van der Waals surface area contributed by atoms with Gasteiger partial charge in [-0.25, -0.2) is 9.59 Å². The molecular formula is C40H56N2O16. The summed E-state index contributed by atoms with van der Waals surface area (Å²) in [6.07, 6.45) is 0. The first-order valence-corrected chi connectivity index (χ1v) is 17.9. The molecule has 2 unspecified atom stereocenters. The molecule has 0 aliphatic carbocycles. The van der Waals surface area contributed by atoms with Crippen LogP contribution in [-0.2, 0) is 39.9 Å². The van der Waals surface area contributed by atoms with Crippen molar-refractivity contribution in [1.29, 1.82) is 0 Å². The predicted octanol–water partition coefficient (Wildman–Crippen LogP) is 2.08. The number of aromatic carboxylic acids is 1. The summed E-state index contributed by atoms with van der Waals surface area (Å²) in [6.45, 7) is 6.63. The number of nitrogens with two attached hydrogens (primary N) is 1. The van der Waals surface area contributed by atoms with Gasteiger partial charge in [0.25, 0.3) is 5.91 Å². The third kappa shape index (κ3) is 19.2. The Balaban J connectivity index is 0.000000451. The van der Waals surface area contributed by atoms with E-state index in [1.165, 1.54) is 57.2 Å². The quantitative estimate of drug-likeness (QED) is 0.0533. The van der Waals surface area contributed by atoms with Crippen LogP contribution in [0.2, 0.25) is 0 Å². The second-order valence-corrected chi connectivity index (χ2v) is 12.7. The van der Waals surface area contributed by atoms with Crippen molar-refractivity contribution in [2.75, 3.05) is 80.3 Å². The fraction of sp³-hybridized carbons (Fsp3) is 0.450. The molecule has 8 N–H and O–H groups in total. The summed E-state index contributed by atoms with van der Waals surface area (Å²) in [7, 11) is 3.17. The van der Waals surface area contributed by atoms with Crippen LogP contribution in [0.4, 0.5) is 0 Å². The van der Waals surface area contributed by atoms with Crippen LogP contribution in [0.3, 0.4) is 0 Å². The zero-order valence-corrected chi connectivity index (χ0v) is 33.4. The van der Waals surface area contributed by atoms with Crippen molar-refractivity contribution < 1.29 is 77.9 Å². The first kappa shape index (κ1) is 50.7. The Bertz CT molecular complexity index is 1690. The van der Waals surface area contributed by atoms with E-state index in [9.17, 15) is 34.5 Å². The molecule has 3 aromatic carbocycles. The number of carbonyl (C=O) groups is 4. The van der Waals surface area contributed by atoms with E-state index in [4.69, 9.17) is 49.1 Å². The molecule has 3 aromatic rings. The van der Waals surface area contributed by atoms with Crippen LogP contribution in [0.1, 0.15) is 47.1 Å². The Morgan fingerprint density at radius 3 is 1.59 bits per heavy atom. The van der Waals surface area contributed by atoms with E-state index in [0.29, 0.717) is 57.7 Å². The molecular weight excluding hydrogens is 764 g/mol. The van der Waals surface area contributed by atoms with Gasteiger partial charge in [-0.1, -0.05) is 30.3 Å². The number of rotatable bonds is 23. The van der Waals surface area contributed by atoms with Gasteiger partial charge in [0.05, 0.1) is 58.4 Å². The Hall–Kier alpha value is -5.34. The number of nitrogens with one attached hydrogen (secondary N) is 1. The largest absolute Gasteiger partial charge is 0.507 e. The number of benzene rings is 3. The fourth-order valence-electron chi connectivity index (χ4n) is 4.01. The van der Waals surface area contributed by atoms with E-state index in [-0.39, 0.29) is 35.8 Å². The average Bonchev–Trinajstić information content (AvgIpc) is 3.20. The van der Waals surface area contributed by atoms with Gasteiger partial charge in [-0.15, -0.1) is 0 Å². The lowest BCUT2D eigenvalue weighted by Crippen LogP contribution is -2.54. The van der Waals surface area contributed by atoms with E-state index < -0.39 is 47.9 Å². The molecule has 3 rings (SSSR count). The Labute approximate surface area is 337 Å². The number of aliphatic hydroxyl groups is 2. The standard InChI is InChI=1S/C17H25NO7.C12H16O6.C11H15NO3/c1-12(20)17(2,11-19)18-16(22)14-5-4-13(10-15(14)21)25-9-8-24-7-6-23-3;1-16-4-5-17-6-7-18-9-2-3-10(12(14)15)11(13)8-9;1-11(12,8-13)10(14)15-7-9-5-3-2-4-6-9/h4-5,10,19,21H,6-9,11H2,1-3H3,(H,18,22);2-3,8,13H,4-7H2,1H3,(H,14,15);2-6,13H,7-8,12H2,1H3. The molecule has 0 aliphatic heterocycles. The molecule has 18 heteroatoms. The summed E-state index contributed by atoms with van der Waals surface area (Å²) in [4.78, 5) is 45.8. The molecule has 0 heterocycles. The number of carboxylic acids is 1. The monoisotopic (exact) mass is 820 g/mol. The van der Waals surface area contributed by atoms with Gasteiger partial charge in [-0.3, -0.25) is 9.59 Å². The van der Waals surface area contributed by atoms with Crippen LogP contribution in [0.5, 0.6) is 23.0 Å². The number of phenolic OH excluding ortho intramolecular Hbond substituents is 1. The van der Waals surface area contributed by atoms with E-state index >= 15 is 0 Å². The topological polar surface area (TPSA) is 272 Å². The number of aromatic hydroxyl groups is 2. The minimum atomic E-state index is -1.40. The summed E-state index contributed by atoms with van der Waals surface area (Å²) < 4.78 is 35.7. The van der Waals surface area contributed by atoms with Crippen molar-refractivity contribution in [1.82, 2.24) is 5.32 Å². The first-order valence-electron chi connectivity index (χ1n) is 17.9. The maximum absolute atomic E-state index is 12.2. The highest BCUT2D eigenvalue weighted by molar-refractivity contribution is 6.01. The van der Waals surface area contributed by atoms with Crippen LogP contribution in [-0.4, -0.2) is 141 Å². The number of ether oxygens (including phenoxy) is 7. The van der Waals surface area contributed by atoms with Gasteiger partial charge in [0, 0.05) is 26.4 Å². The normalized spacial score (nSPS) is 12.6. The van der Waals surface area contributed by atoms with Gasteiger partial charge in [0.1, 0.15) is 59.5 Å². The number of carboxylic acid groups (broad SMARTS) is 1. The summed E-state index contributed by atoms with van der Waals surface area (Å²) in [5, 5.41) is 48.7. The average molecular weight is 821 g/mol. The van der Waals surface area contributed by atoms with Crippen molar-refractivity contribution >= 4 is 23.6 Å². The van der Waals surface area contributed by atoms with Crippen molar-refractivity contribution in [3.63, 3.8) is 0 Å². The van der Waals surface area contributed by atoms with Crippen molar-refractivity contribution in [2.45, 2.75) is 38.5 Å². The van der Waals surface area contributed by atoms with Gasteiger partial charge >= 0.3 is 11.9 Å². The van der Waals surface area contributed by atoms with Gasteiger partial charge in [-0.05, 0) is 50.6 Å². The van der Waals surface area contributed by atoms with Gasteiger partial charge in [-0.2, -0.15) is 0 Å². The fourth-order valence-corrected chi connectivity index (χ4v) is 4.01. The van der Waals surface area contributed by atoms with E-state index in [1.54, 1.807) is 14.2 Å². The Morgan fingerprint density at radius 2 is 1.17 bits per heavy atom. The molecule has 0 aromatic heterocycles. The van der Waals surface area contributed by atoms with Crippen LogP contribution in [0.15, 0.2) is 66.7 Å². The highest BCUT2D eigenvalue weighted by atomic mass is 16.6. The minimum absolute atomic E-state index is 0.0235. The number of amides is 1. The van der Waals surface area contributed by atoms with Gasteiger partial charge in [0.2, 0.25) is 0 Å². The van der Waals surface area contributed by atoms with Crippen molar-refractivity contribution in [2.24, 2.45) is 5.73 Å². The number of phenols is 2. The summed E-state index contributed by atoms with van der Waals surface area (Å²) >= 11 is 0. The first-order chi connectivity index (χ1) is 27.5. The number of Topliss-reactive ketones (excluding diaryl/α,β-unsaturated/α-hetero) is 1. The smallest absolute Gasteiger partial charge is 0.339 e. The number of carbonyl (C=O) groups excluding carboxylic acids is 3. The van der Waals surface area contributed by atoms with Crippen molar-refractivity contribution in [3.8, 4) is 23.0 Å². The third-order valence-corrected chi connectivity index (χ3v) is 7.76. The zero-order chi connectivity index (χ0) is 43.6. The van der Waals surface area contributed by atoms with Crippen LogP contribution >= 0.6 is 0 Å². The number of ketones is 1. The molecule has 0 radical (unpaired) electrons. The van der Waals surface area contributed by atoms with Crippen LogP contribution in [0, 0.1) is 0 Å². The minimum Gasteiger partial charge on any atom is -0.507 e. The van der Waals surface area contributed by atoms with E-state index in [0.717, 1.165) is 5.56 Å². The number of hydrogen-bond donors (Lipinski definition) is 7. The number of aliphatic hydroxyl groups excluding tert-OH is 2. The molecule has 18 nitrogen and oxygen atoms in total. The van der Waals surface area contributed by atoms with Crippen LogP contribution < -0.4 is 20.5 Å². The second-order valence-electron chi connectivity index (χ2n) is 12.7. The summed E-state index contributed by atoms with van der Waals surface area (Å²) in [5.41, 5.74) is 3.48. The molecule has 0 saturated carbocycles. The van der Waals surface area contributed by atoms with Gasteiger partial charge < -0.3 is 69.7 Å². The third-order valence-electron chi connectivity index (χ3n) is 7.76. The molecule has 0 bridgehead atoms. The van der Waals surface area contributed by atoms with E-state index in [2.05, 4.69) is 5.32 Å². The number of esters is 1. The molecule has 0 saturated heterocycles. The lowest BCUT2D eigenvalue weighted by molar-refractivity contribution is -0.152. The van der Waals surface area contributed by atoms with E-state index in [1.807, 2.05) is 30.3 Å². The molecule has 0 fully saturated rings. The number of hydrogen-bond acceptors (Lipinski definition) is 16. The lowest BCUT2D eigenvalue weighted by atomic mass is 9.98. The maximum Gasteiger partial charge on any atom is 0.339 e.